The van der Waals surface area contributed by atoms with Gasteiger partial charge in [-0.2, -0.15) is 0 Å². The van der Waals surface area contributed by atoms with Crippen molar-refractivity contribution in [3.8, 4) is 0 Å². The van der Waals surface area contributed by atoms with E-state index in [0.717, 1.165) is 44.9 Å². The third kappa shape index (κ3) is 11.8. The lowest BCUT2D eigenvalue weighted by atomic mass is 10.1. The SMILES string of the molecule is CCNC(=NCC(C)(C)NC(=O)OC(C)(C)C)NCCC1CCCO1.I. The van der Waals surface area contributed by atoms with Gasteiger partial charge in [-0.15, -0.1) is 24.0 Å². The first-order valence-corrected chi connectivity index (χ1v) is 9.26. The molecule has 1 amide bonds. The van der Waals surface area contributed by atoms with E-state index in [4.69, 9.17) is 9.47 Å². The number of guanidine groups is 1. The number of halogens is 1. The van der Waals surface area contributed by atoms with Crippen molar-refractivity contribution >= 4 is 36.0 Å². The van der Waals surface area contributed by atoms with Crippen LogP contribution in [0.3, 0.4) is 0 Å². The maximum atomic E-state index is 11.9. The minimum atomic E-state index is -0.512. The molecule has 1 atom stereocenters. The number of carbonyl (C=O) groups is 1. The lowest BCUT2D eigenvalue weighted by molar-refractivity contribution is 0.0476. The fourth-order valence-electron chi connectivity index (χ4n) is 2.46. The molecule has 0 spiro atoms. The van der Waals surface area contributed by atoms with Crippen molar-refractivity contribution in [3.05, 3.63) is 0 Å². The third-order valence-corrected chi connectivity index (χ3v) is 3.60. The van der Waals surface area contributed by atoms with E-state index in [1.165, 1.54) is 0 Å². The summed E-state index contributed by atoms with van der Waals surface area (Å²) in [5.41, 5.74) is -1.01. The smallest absolute Gasteiger partial charge is 0.408 e. The first-order chi connectivity index (χ1) is 11.6. The average molecular weight is 484 g/mol. The Labute approximate surface area is 175 Å². The summed E-state index contributed by atoms with van der Waals surface area (Å²) in [7, 11) is 0. The number of aliphatic imine (C=N–C) groups is 1. The molecule has 1 unspecified atom stereocenters. The van der Waals surface area contributed by atoms with Gasteiger partial charge in [-0.25, -0.2) is 4.79 Å². The van der Waals surface area contributed by atoms with Crippen LogP contribution in [0.5, 0.6) is 0 Å². The first kappa shape index (κ1) is 25.2. The molecule has 0 aromatic rings. The number of ether oxygens (including phenoxy) is 2. The molecule has 154 valence electrons. The fraction of sp³-hybridized carbons (Fsp3) is 0.889. The second-order valence-corrected chi connectivity index (χ2v) is 8.06. The van der Waals surface area contributed by atoms with Crippen LogP contribution in [0.4, 0.5) is 4.79 Å². The lowest BCUT2D eigenvalue weighted by Gasteiger charge is -2.27. The summed E-state index contributed by atoms with van der Waals surface area (Å²) in [5, 5.41) is 9.42. The molecule has 8 heteroatoms. The number of nitrogens with one attached hydrogen (secondary N) is 3. The number of amides is 1. The zero-order valence-corrected chi connectivity index (χ0v) is 19.4. The number of rotatable bonds is 7. The van der Waals surface area contributed by atoms with Gasteiger partial charge in [0, 0.05) is 19.7 Å². The van der Waals surface area contributed by atoms with Gasteiger partial charge < -0.3 is 25.4 Å². The highest BCUT2D eigenvalue weighted by Gasteiger charge is 2.24. The van der Waals surface area contributed by atoms with Gasteiger partial charge in [0.1, 0.15) is 5.60 Å². The zero-order valence-electron chi connectivity index (χ0n) is 17.1. The Kier molecular flexibility index (Phi) is 11.5. The van der Waals surface area contributed by atoms with Gasteiger partial charge in [0.25, 0.3) is 0 Å². The lowest BCUT2D eigenvalue weighted by Crippen LogP contribution is -2.49. The quantitative estimate of drug-likeness (QED) is 0.294. The second kappa shape index (κ2) is 11.8. The van der Waals surface area contributed by atoms with E-state index < -0.39 is 17.2 Å². The number of hydrogen-bond donors (Lipinski definition) is 3. The molecule has 1 fully saturated rings. The molecular weight excluding hydrogens is 447 g/mol. The maximum Gasteiger partial charge on any atom is 0.408 e. The highest BCUT2D eigenvalue weighted by atomic mass is 127. The normalized spacial score (nSPS) is 18.1. The van der Waals surface area contributed by atoms with Gasteiger partial charge in [0.05, 0.1) is 18.2 Å². The highest BCUT2D eigenvalue weighted by Crippen LogP contribution is 2.14. The van der Waals surface area contributed by atoms with E-state index in [1.807, 2.05) is 41.5 Å². The molecule has 0 aliphatic carbocycles. The van der Waals surface area contributed by atoms with Crippen LogP contribution in [-0.4, -0.2) is 55.5 Å². The number of hydrogen-bond acceptors (Lipinski definition) is 4. The van der Waals surface area contributed by atoms with Crippen molar-refractivity contribution in [3.63, 3.8) is 0 Å². The predicted molar refractivity (Wildman–Crippen MR) is 116 cm³/mol. The molecule has 1 aliphatic heterocycles. The van der Waals surface area contributed by atoms with Crippen molar-refractivity contribution in [2.45, 2.75) is 78.0 Å². The van der Waals surface area contributed by atoms with Crippen LogP contribution in [0.1, 0.15) is 60.8 Å². The van der Waals surface area contributed by atoms with E-state index in [-0.39, 0.29) is 24.0 Å². The van der Waals surface area contributed by atoms with Crippen LogP contribution in [-0.2, 0) is 9.47 Å². The Hall–Kier alpha value is -0.770. The topological polar surface area (TPSA) is 84.0 Å². The van der Waals surface area contributed by atoms with Crippen molar-refractivity contribution in [1.82, 2.24) is 16.0 Å². The third-order valence-electron chi connectivity index (χ3n) is 3.60. The Morgan fingerprint density at radius 3 is 2.46 bits per heavy atom. The van der Waals surface area contributed by atoms with Crippen LogP contribution < -0.4 is 16.0 Å². The zero-order chi connectivity index (χ0) is 18.9. The minimum absolute atomic E-state index is 0. The molecule has 1 saturated heterocycles. The van der Waals surface area contributed by atoms with Gasteiger partial charge >= 0.3 is 6.09 Å². The summed E-state index contributed by atoms with van der Waals surface area (Å²) < 4.78 is 10.9. The maximum absolute atomic E-state index is 11.9. The van der Waals surface area contributed by atoms with E-state index in [9.17, 15) is 4.79 Å². The molecule has 0 aromatic carbocycles. The van der Waals surface area contributed by atoms with Crippen molar-refractivity contribution in [2.24, 2.45) is 4.99 Å². The summed E-state index contributed by atoms with van der Waals surface area (Å²) in [6.45, 7) is 14.3. The van der Waals surface area contributed by atoms with Crippen LogP contribution in [0, 0.1) is 0 Å². The molecule has 1 aliphatic rings. The molecule has 26 heavy (non-hydrogen) atoms. The van der Waals surface area contributed by atoms with E-state index >= 15 is 0 Å². The molecular formula is C18H37IN4O3. The van der Waals surface area contributed by atoms with E-state index in [2.05, 4.69) is 20.9 Å². The van der Waals surface area contributed by atoms with Gasteiger partial charge in [-0.3, -0.25) is 4.99 Å². The molecule has 0 saturated carbocycles. The van der Waals surface area contributed by atoms with Crippen LogP contribution in [0.25, 0.3) is 0 Å². The molecule has 1 rings (SSSR count). The van der Waals surface area contributed by atoms with Crippen LogP contribution in [0.2, 0.25) is 0 Å². The van der Waals surface area contributed by atoms with Gasteiger partial charge in [-0.1, -0.05) is 0 Å². The van der Waals surface area contributed by atoms with Crippen LogP contribution >= 0.6 is 24.0 Å². The fourth-order valence-corrected chi connectivity index (χ4v) is 2.46. The summed E-state index contributed by atoms with van der Waals surface area (Å²) in [6.07, 6.45) is 3.21. The van der Waals surface area contributed by atoms with Crippen LogP contribution in [0.15, 0.2) is 4.99 Å². The van der Waals surface area contributed by atoms with E-state index in [0.29, 0.717) is 12.6 Å². The molecule has 3 N–H and O–H groups in total. The summed E-state index contributed by atoms with van der Waals surface area (Å²) in [4.78, 5) is 16.5. The molecule has 7 nitrogen and oxygen atoms in total. The summed E-state index contributed by atoms with van der Waals surface area (Å²) in [5.74, 6) is 0.750. The van der Waals surface area contributed by atoms with Gasteiger partial charge in [0.15, 0.2) is 5.96 Å². The standard InChI is InChI=1S/C18H36N4O3.HI/c1-7-19-15(20-11-10-14-9-8-12-24-14)21-13-18(5,6)22-16(23)25-17(2,3)4;/h14H,7-13H2,1-6H3,(H,22,23)(H2,19,20,21);1H. The van der Waals surface area contributed by atoms with Crippen molar-refractivity contribution in [2.75, 3.05) is 26.2 Å². The Morgan fingerprint density at radius 2 is 1.92 bits per heavy atom. The first-order valence-electron chi connectivity index (χ1n) is 9.26. The Balaban J connectivity index is 0.00000625. The number of nitrogens with zero attached hydrogens (tertiary/aromatic N) is 1. The molecule has 0 radical (unpaired) electrons. The van der Waals surface area contributed by atoms with Gasteiger partial charge in [-0.05, 0) is 60.8 Å². The monoisotopic (exact) mass is 484 g/mol. The second-order valence-electron chi connectivity index (χ2n) is 8.06. The van der Waals surface area contributed by atoms with E-state index in [1.54, 1.807) is 0 Å². The van der Waals surface area contributed by atoms with Crippen molar-refractivity contribution < 1.29 is 14.3 Å². The minimum Gasteiger partial charge on any atom is -0.444 e. The molecule has 1 heterocycles. The molecule has 0 aromatic heterocycles. The summed E-state index contributed by atoms with van der Waals surface area (Å²) in [6, 6.07) is 0. The Morgan fingerprint density at radius 1 is 1.23 bits per heavy atom. The molecule has 0 bridgehead atoms. The summed E-state index contributed by atoms with van der Waals surface area (Å²) >= 11 is 0. The number of alkyl carbamates (subject to hydrolysis) is 1. The van der Waals surface area contributed by atoms with Crippen molar-refractivity contribution in [1.29, 1.82) is 0 Å². The average Bonchev–Trinajstić information content (AvgIpc) is 2.95. The predicted octanol–water partition coefficient (Wildman–Crippen LogP) is 3.03. The largest absolute Gasteiger partial charge is 0.444 e. The Bertz CT molecular complexity index is 444. The van der Waals surface area contributed by atoms with Gasteiger partial charge in [0.2, 0.25) is 0 Å². The number of carbonyl (C=O) groups excluding carboxylic acids is 1. The highest BCUT2D eigenvalue weighted by molar-refractivity contribution is 14.0.